The Morgan fingerprint density at radius 1 is 1.50 bits per heavy atom. The molecule has 2 rings (SSSR count). The Balaban J connectivity index is 1.95. The molecule has 0 aliphatic carbocycles. The van der Waals surface area contributed by atoms with E-state index in [1.807, 2.05) is 5.38 Å². The molecule has 0 saturated heterocycles. The van der Waals surface area contributed by atoms with E-state index < -0.39 is 4.92 Å². The van der Waals surface area contributed by atoms with Crippen molar-refractivity contribution < 1.29 is 9.72 Å². The maximum absolute atomic E-state index is 11.8. The van der Waals surface area contributed by atoms with Crippen molar-refractivity contribution in [3.63, 3.8) is 0 Å². The summed E-state index contributed by atoms with van der Waals surface area (Å²) in [6, 6.07) is 3.89. The average molecular weight is 312 g/mol. The minimum Gasteiger partial charge on any atom is -0.352 e. The molecule has 0 aliphatic heterocycles. The van der Waals surface area contributed by atoms with Crippen molar-refractivity contribution in [1.82, 2.24) is 10.3 Å². The number of nitro benzene ring substituents is 1. The van der Waals surface area contributed by atoms with Crippen LogP contribution in [0.3, 0.4) is 0 Å². The SMILES string of the molecule is O=C(NCCc1cscn1)c1ccc([N+](=O)[O-])c(Cl)c1. The summed E-state index contributed by atoms with van der Waals surface area (Å²) < 4.78 is 0. The van der Waals surface area contributed by atoms with Crippen LogP contribution in [0.5, 0.6) is 0 Å². The number of hydrogen-bond donors (Lipinski definition) is 1. The molecule has 1 N–H and O–H groups in total. The standard InChI is InChI=1S/C12H10ClN3O3S/c13-10-5-8(1-2-11(10)16(18)19)12(17)14-4-3-9-6-20-7-15-9/h1-2,5-7H,3-4H2,(H,14,17). The van der Waals surface area contributed by atoms with Gasteiger partial charge < -0.3 is 5.32 Å². The van der Waals surface area contributed by atoms with E-state index in [9.17, 15) is 14.9 Å². The lowest BCUT2D eigenvalue weighted by molar-refractivity contribution is -0.384. The van der Waals surface area contributed by atoms with Crippen molar-refractivity contribution in [3.05, 3.63) is 55.5 Å². The summed E-state index contributed by atoms with van der Waals surface area (Å²) >= 11 is 7.25. The number of aromatic nitrogens is 1. The monoisotopic (exact) mass is 311 g/mol. The lowest BCUT2D eigenvalue weighted by Crippen LogP contribution is -2.25. The molecule has 0 saturated carbocycles. The number of thiazole rings is 1. The maximum atomic E-state index is 11.8. The van der Waals surface area contributed by atoms with Crippen LogP contribution in [-0.4, -0.2) is 22.4 Å². The molecule has 0 spiro atoms. The first-order valence-electron chi connectivity index (χ1n) is 5.67. The number of nitro groups is 1. The van der Waals surface area contributed by atoms with Crippen LogP contribution in [0.25, 0.3) is 0 Å². The zero-order valence-electron chi connectivity index (χ0n) is 10.2. The first-order chi connectivity index (χ1) is 9.58. The third-order valence-corrected chi connectivity index (χ3v) is 3.49. The van der Waals surface area contributed by atoms with Gasteiger partial charge in [0.1, 0.15) is 5.02 Å². The average Bonchev–Trinajstić information content (AvgIpc) is 2.91. The van der Waals surface area contributed by atoms with Crippen molar-refractivity contribution in [1.29, 1.82) is 0 Å². The van der Waals surface area contributed by atoms with Gasteiger partial charge in [0.2, 0.25) is 0 Å². The molecule has 6 nitrogen and oxygen atoms in total. The van der Waals surface area contributed by atoms with Gasteiger partial charge in [-0.15, -0.1) is 11.3 Å². The molecule has 20 heavy (non-hydrogen) atoms. The van der Waals surface area contributed by atoms with Crippen molar-refractivity contribution in [2.45, 2.75) is 6.42 Å². The van der Waals surface area contributed by atoms with Crippen LogP contribution < -0.4 is 5.32 Å². The fraction of sp³-hybridized carbons (Fsp3) is 0.167. The highest BCUT2D eigenvalue weighted by atomic mass is 35.5. The molecule has 0 bridgehead atoms. The Morgan fingerprint density at radius 3 is 2.90 bits per heavy atom. The van der Waals surface area contributed by atoms with Gasteiger partial charge >= 0.3 is 0 Å². The second-order valence-electron chi connectivity index (χ2n) is 3.91. The highest BCUT2D eigenvalue weighted by Crippen LogP contribution is 2.24. The van der Waals surface area contributed by atoms with Gasteiger partial charge in [0, 0.05) is 30.0 Å². The quantitative estimate of drug-likeness (QED) is 0.679. The maximum Gasteiger partial charge on any atom is 0.287 e. The number of carbonyl (C=O) groups is 1. The summed E-state index contributed by atoms with van der Waals surface area (Å²) in [5.41, 5.74) is 2.72. The molecule has 1 heterocycles. The minimum atomic E-state index is -0.591. The zero-order valence-corrected chi connectivity index (χ0v) is 11.8. The van der Waals surface area contributed by atoms with E-state index >= 15 is 0 Å². The molecule has 1 aromatic heterocycles. The second kappa shape index (κ2) is 6.44. The van der Waals surface area contributed by atoms with E-state index in [4.69, 9.17) is 11.6 Å². The van der Waals surface area contributed by atoms with Crippen LogP contribution in [-0.2, 0) is 6.42 Å². The summed E-state index contributed by atoms with van der Waals surface area (Å²) in [4.78, 5) is 26.0. The minimum absolute atomic E-state index is 0.0536. The second-order valence-corrected chi connectivity index (χ2v) is 5.03. The summed E-state index contributed by atoms with van der Waals surface area (Å²) in [5.74, 6) is -0.322. The number of hydrogen-bond acceptors (Lipinski definition) is 5. The fourth-order valence-electron chi connectivity index (χ4n) is 1.56. The summed E-state index contributed by atoms with van der Waals surface area (Å²) in [6.07, 6.45) is 0.635. The van der Waals surface area contributed by atoms with Crippen LogP contribution in [0, 0.1) is 10.1 Å². The van der Waals surface area contributed by atoms with E-state index in [0.29, 0.717) is 18.5 Å². The first kappa shape index (κ1) is 14.4. The molecule has 2 aromatic rings. The Morgan fingerprint density at radius 2 is 2.30 bits per heavy atom. The molecular formula is C12H10ClN3O3S. The number of nitrogens with zero attached hydrogens (tertiary/aromatic N) is 2. The molecule has 0 atom stereocenters. The van der Waals surface area contributed by atoms with Crippen molar-refractivity contribution >= 4 is 34.5 Å². The van der Waals surface area contributed by atoms with Gasteiger partial charge in [0.15, 0.2) is 0 Å². The number of halogens is 1. The van der Waals surface area contributed by atoms with Gasteiger partial charge in [-0.05, 0) is 12.1 Å². The smallest absolute Gasteiger partial charge is 0.287 e. The van der Waals surface area contributed by atoms with Gasteiger partial charge in [-0.3, -0.25) is 14.9 Å². The largest absolute Gasteiger partial charge is 0.352 e. The zero-order chi connectivity index (χ0) is 14.5. The summed E-state index contributed by atoms with van der Waals surface area (Å²) in [7, 11) is 0. The van der Waals surface area contributed by atoms with E-state index in [0.717, 1.165) is 5.69 Å². The molecule has 0 unspecified atom stereocenters. The van der Waals surface area contributed by atoms with Crippen molar-refractivity contribution in [2.75, 3.05) is 6.54 Å². The molecule has 8 heteroatoms. The van der Waals surface area contributed by atoms with Gasteiger partial charge in [0.25, 0.3) is 11.6 Å². The van der Waals surface area contributed by atoms with Crippen LogP contribution >= 0.6 is 22.9 Å². The van der Waals surface area contributed by atoms with Crippen LogP contribution in [0.1, 0.15) is 16.1 Å². The lowest BCUT2D eigenvalue weighted by Gasteiger charge is -2.04. The predicted octanol–water partition coefficient (Wildman–Crippen LogP) is 2.68. The molecule has 1 aromatic carbocycles. The summed E-state index contributed by atoms with van der Waals surface area (Å²) in [6.45, 7) is 0.442. The summed E-state index contributed by atoms with van der Waals surface area (Å²) in [5, 5.41) is 15.2. The highest BCUT2D eigenvalue weighted by molar-refractivity contribution is 7.07. The van der Waals surface area contributed by atoms with Crippen molar-refractivity contribution in [3.8, 4) is 0 Å². The number of amides is 1. The number of nitrogens with one attached hydrogen (secondary N) is 1. The number of benzene rings is 1. The Kier molecular flexibility index (Phi) is 4.65. The number of rotatable bonds is 5. The number of carbonyl (C=O) groups excluding carboxylic acids is 1. The molecule has 1 amide bonds. The normalized spacial score (nSPS) is 10.2. The third-order valence-electron chi connectivity index (χ3n) is 2.56. The van der Waals surface area contributed by atoms with Crippen LogP contribution in [0.4, 0.5) is 5.69 Å². The van der Waals surface area contributed by atoms with Crippen LogP contribution in [0.2, 0.25) is 5.02 Å². The van der Waals surface area contributed by atoms with E-state index in [2.05, 4.69) is 10.3 Å². The Labute approximate surface area is 123 Å². The van der Waals surface area contributed by atoms with Gasteiger partial charge in [-0.2, -0.15) is 0 Å². The third kappa shape index (κ3) is 3.52. The highest BCUT2D eigenvalue weighted by Gasteiger charge is 2.15. The molecule has 0 aliphatic rings. The van der Waals surface area contributed by atoms with E-state index in [1.165, 1.54) is 29.5 Å². The Bertz CT molecular complexity index is 631. The van der Waals surface area contributed by atoms with E-state index in [1.54, 1.807) is 5.51 Å². The Hall–Kier alpha value is -1.99. The fourth-order valence-corrected chi connectivity index (χ4v) is 2.41. The van der Waals surface area contributed by atoms with Crippen LogP contribution in [0.15, 0.2) is 29.1 Å². The molecular weight excluding hydrogens is 302 g/mol. The van der Waals surface area contributed by atoms with Crippen molar-refractivity contribution in [2.24, 2.45) is 0 Å². The topological polar surface area (TPSA) is 85.1 Å². The lowest BCUT2D eigenvalue weighted by atomic mass is 10.2. The molecule has 0 fully saturated rings. The first-order valence-corrected chi connectivity index (χ1v) is 6.99. The van der Waals surface area contributed by atoms with Gasteiger partial charge in [-0.1, -0.05) is 11.6 Å². The van der Waals surface area contributed by atoms with Gasteiger partial charge in [0.05, 0.1) is 16.1 Å². The predicted molar refractivity (Wildman–Crippen MR) is 76.3 cm³/mol. The van der Waals surface area contributed by atoms with Gasteiger partial charge in [-0.25, -0.2) is 4.98 Å². The van der Waals surface area contributed by atoms with E-state index in [-0.39, 0.29) is 16.6 Å². The molecule has 0 radical (unpaired) electrons. The molecule has 104 valence electrons.